The Balaban J connectivity index is 1.91. The van der Waals surface area contributed by atoms with Gasteiger partial charge in [0, 0.05) is 41.0 Å². The van der Waals surface area contributed by atoms with Crippen LogP contribution in [-0.2, 0) is 16.1 Å². The largest absolute Gasteiger partial charge is 0.478 e. The summed E-state index contributed by atoms with van der Waals surface area (Å²) in [6, 6.07) is 13.0. The number of thiophene rings is 1. The molecule has 0 amide bonds. The first kappa shape index (κ1) is 21.5. The Labute approximate surface area is 189 Å². The van der Waals surface area contributed by atoms with Crippen molar-refractivity contribution in [1.82, 2.24) is 9.88 Å². The van der Waals surface area contributed by atoms with Gasteiger partial charge < -0.3 is 10.0 Å². The molecule has 32 heavy (non-hydrogen) atoms. The number of aromatic nitrogens is 1. The van der Waals surface area contributed by atoms with Gasteiger partial charge in [0.2, 0.25) is 0 Å². The summed E-state index contributed by atoms with van der Waals surface area (Å²) in [6.45, 7) is 5.47. The van der Waals surface area contributed by atoms with E-state index in [1.165, 1.54) is 18.3 Å². The molecule has 4 rings (SSSR count). The SMILES string of the molecule is CC(=O)C1=C(C)N(Cc2cccc(C#N)c2)C(C)=C(C(=O)O)C1c1csc2ncccc12. The number of nitriles is 1. The molecule has 1 aliphatic heterocycles. The Kier molecular flexibility index (Phi) is 5.64. The van der Waals surface area contributed by atoms with Gasteiger partial charge in [-0.2, -0.15) is 5.26 Å². The third-order valence-electron chi connectivity index (χ3n) is 5.86. The molecule has 6 nitrogen and oxygen atoms in total. The van der Waals surface area contributed by atoms with Crippen LogP contribution in [0.15, 0.2) is 70.5 Å². The first-order chi connectivity index (χ1) is 15.3. The maximum Gasteiger partial charge on any atom is 0.334 e. The Morgan fingerprint density at radius 3 is 2.62 bits per heavy atom. The van der Waals surface area contributed by atoms with Gasteiger partial charge in [0.05, 0.1) is 17.2 Å². The molecule has 3 heterocycles. The molecule has 1 aromatic carbocycles. The van der Waals surface area contributed by atoms with Gasteiger partial charge in [0.1, 0.15) is 4.83 Å². The molecule has 1 atom stereocenters. The van der Waals surface area contributed by atoms with Crippen molar-refractivity contribution in [2.45, 2.75) is 33.2 Å². The molecule has 7 heteroatoms. The first-order valence-corrected chi connectivity index (χ1v) is 11.0. The summed E-state index contributed by atoms with van der Waals surface area (Å²) in [5.41, 5.74) is 4.12. The van der Waals surface area contributed by atoms with Gasteiger partial charge in [0.25, 0.3) is 0 Å². The zero-order chi connectivity index (χ0) is 23.0. The average Bonchev–Trinajstić information content (AvgIpc) is 3.19. The molecule has 160 valence electrons. The quantitative estimate of drug-likeness (QED) is 0.597. The van der Waals surface area contributed by atoms with Gasteiger partial charge in [-0.25, -0.2) is 9.78 Å². The summed E-state index contributed by atoms with van der Waals surface area (Å²) >= 11 is 1.44. The van der Waals surface area contributed by atoms with Crippen LogP contribution in [0, 0.1) is 11.3 Å². The molecule has 0 fully saturated rings. The molecular weight excluding hydrogens is 422 g/mol. The van der Waals surface area contributed by atoms with Crippen molar-refractivity contribution in [2.75, 3.05) is 0 Å². The Hall–Kier alpha value is -3.76. The number of carboxylic acid groups (broad SMARTS) is 1. The van der Waals surface area contributed by atoms with Gasteiger partial charge in [-0.15, -0.1) is 11.3 Å². The van der Waals surface area contributed by atoms with E-state index in [-0.39, 0.29) is 11.4 Å². The zero-order valence-electron chi connectivity index (χ0n) is 17.9. The molecule has 0 aliphatic carbocycles. The number of allylic oxidation sites excluding steroid dienone is 3. The Morgan fingerprint density at radius 2 is 1.94 bits per heavy atom. The predicted molar refractivity (Wildman–Crippen MR) is 123 cm³/mol. The van der Waals surface area contributed by atoms with Crippen LogP contribution in [0.2, 0.25) is 0 Å². The van der Waals surface area contributed by atoms with Crippen molar-refractivity contribution >= 4 is 33.3 Å². The molecule has 1 aliphatic rings. The molecular formula is C25H21N3O3S. The number of carbonyl (C=O) groups excluding carboxylic acids is 1. The predicted octanol–water partition coefficient (Wildman–Crippen LogP) is 4.99. The van der Waals surface area contributed by atoms with Gasteiger partial charge in [-0.05, 0) is 55.5 Å². The Bertz CT molecular complexity index is 1320. The number of hydrogen-bond acceptors (Lipinski definition) is 6. The number of ketones is 1. The van der Waals surface area contributed by atoms with E-state index in [1.54, 1.807) is 31.3 Å². The lowest BCUT2D eigenvalue weighted by Crippen LogP contribution is -2.33. The number of aliphatic carboxylic acids is 1. The summed E-state index contributed by atoms with van der Waals surface area (Å²) in [5.74, 6) is -1.90. The number of Topliss-reactive ketones (excluding diaryl/α,β-unsaturated/α-hetero) is 1. The van der Waals surface area contributed by atoms with E-state index in [1.807, 2.05) is 35.4 Å². The average molecular weight is 444 g/mol. The molecule has 1 unspecified atom stereocenters. The molecule has 0 saturated carbocycles. The molecule has 2 aromatic heterocycles. The van der Waals surface area contributed by atoms with Crippen LogP contribution in [0.4, 0.5) is 0 Å². The standard InChI is InChI=1S/C25H21N3O3S/c1-14-21(16(3)29)23(20-13-32-24-19(20)8-5-9-27-24)22(25(30)31)15(2)28(14)12-18-7-4-6-17(10-18)11-26/h4-10,13,23H,12H2,1-3H3,(H,30,31). The smallest absolute Gasteiger partial charge is 0.334 e. The van der Waals surface area contributed by atoms with Gasteiger partial charge in [-0.1, -0.05) is 18.2 Å². The lowest BCUT2D eigenvalue weighted by atomic mass is 9.78. The van der Waals surface area contributed by atoms with E-state index in [0.29, 0.717) is 23.4 Å². The second kappa shape index (κ2) is 8.40. The highest BCUT2D eigenvalue weighted by Crippen LogP contribution is 2.45. The number of benzene rings is 1. The minimum absolute atomic E-state index is 0.169. The monoisotopic (exact) mass is 443 g/mol. The highest BCUT2D eigenvalue weighted by Gasteiger charge is 2.39. The Morgan fingerprint density at radius 1 is 1.19 bits per heavy atom. The summed E-state index contributed by atoms with van der Waals surface area (Å²) in [5, 5.41) is 22.2. The summed E-state index contributed by atoms with van der Waals surface area (Å²) in [6.07, 6.45) is 1.70. The highest BCUT2D eigenvalue weighted by atomic mass is 32.1. The molecule has 3 aromatic rings. The van der Waals surface area contributed by atoms with E-state index in [0.717, 1.165) is 27.0 Å². The second-order valence-corrected chi connectivity index (χ2v) is 8.60. The van der Waals surface area contributed by atoms with Crippen LogP contribution in [0.25, 0.3) is 10.2 Å². The van der Waals surface area contributed by atoms with E-state index in [2.05, 4.69) is 11.1 Å². The third-order valence-corrected chi connectivity index (χ3v) is 6.78. The fraction of sp³-hybridized carbons (Fsp3) is 0.200. The normalized spacial score (nSPS) is 16.4. The van der Waals surface area contributed by atoms with Gasteiger partial charge in [-0.3, -0.25) is 4.79 Å². The number of hydrogen-bond donors (Lipinski definition) is 1. The number of nitrogens with zero attached hydrogens (tertiary/aromatic N) is 3. The van der Waals surface area contributed by atoms with Gasteiger partial charge >= 0.3 is 5.97 Å². The van der Waals surface area contributed by atoms with Crippen molar-refractivity contribution < 1.29 is 14.7 Å². The number of pyridine rings is 1. The third kappa shape index (κ3) is 3.59. The first-order valence-electron chi connectivity index (χ1n) is 10.1. The number of rotatable bonds is 5. The van der Waals surface area contributed by atoms with Crippen LogP contribution >= 0.6 is 11.3 Å². The van der Waals surface area contributed by atoms with Crippen LogP contribution in [0.3, 0.4) is 0 Å². The number of carboxylic acids is 1. The van der Waals surface area contributed by atoms with E-state index in [9.17, 15) is 20.0 Å². The highest BCUT2D eigenvalue weighted by molar-refractivity contribution is 7.16. The number of fused-ring (bicyclic) bond motifs is 1. The van der Waals surface area contributed by atoms with Crippen molar-refractivity contribution in [1.29, 1.82) is 5.26 Å². The minimum atomic E-state index is -1.06. The van der Waals surface area contributed by atoms with Crippen molar-refractivity contribution in [2.24, 2.45) is 0 Å². The van der Waals surface area contributed by atoms with E-state index in [4.69, 9.17) is 0 Å². The van der Waals surface area contributed by atoms with E-state index >= 15 is 0 Å². The molecule has 0 saturated heterocycles. The molecule has 0 radical (unpaired) electrons. The molecule has 0 spiro atoms. The minimum Gasteiger partial charge on any atom is -0.478 e. The van der Waals surface area contributed by atoms with Crippen LogP contribution in [0.5, 0.6) is 0 Å². The number of carbonyl (C=O) groups is 2. The summed E-state index contributed by atoms with van der Waals surface area (Å²) in [4.78, 5) is 32.4. The summed E-state index contributed by atoms with van der Waals surface area (Å²) < 4.78 is 0. The second-order valence-electron chi connectivity index (χ2n) is 7.74. The topological polar surface area (TPSA) is 94.3 Å². The van der Waals surface area contributed by atoms with Crippen LogP contribution < -0.4 is 0 Å². The van der Waals surface area contributed by atoms with E-state index < -0.39 is 11.9 Å². The lowest BCUT2D eigenvalue weighted by molar-refractivity contribution is -0.133. The molecule has 0 bridgehead atoms. The van der Waals surface area contributed by atoms with Crippen LogP contribution in [-0.4, -0.2) is 26.7 Å². The van der Waals surface area contributed by atoms with Crippen molar-refractivity contribution in [3.63, 3.8) is 0 Å². The summed E-state index contributed by atoms with van der Waals surface area (Å²) in [7, 11) is 0. The lowest BCUT2D eigenvalue weighted by Gasteiger charge is -2.37. The maximum absolute atomic E-state index is 12.9. The zero-order valence-corrected chi connectivity index (χ0v) is 18.7. The van der Waals surface area contributed by atoms with Crippen molar-refractivity contribution in [3.8, 4) is 6.07 Å². The van der Waals surface area contributed by atoms with Gasteiger partial charge in [0.15, 0.2) is 5.78 Å². The van der Waals surface area contributed by atoms with Crippen molar-refractivity contribution in [3.05, 3.63) is 87.2 Å². The maximum atomic E-state index is 12.9. The fourth-order valence-electron chi connectivity index (χ4n) is 4.42. The molecule has 1 N–H and O–H groups in total. The fourth-order valence-corrected chi connectivity index (χ4v) is 5.36. The van der Waals surface area contributed by atoms with Crippen LogP contribution in [0.1, 0.15) is 43.4 Å².